The molecule has 1 aliphatic carbocycles. The molecule has 0 saturated heterocycles. The molecule has 0 radical (unpaired) electrons. The lowest BCUT2D eigenvalue weighted by Crippen LogP contribution is -2.14. The van der Waals surface area contributed by atoms with Crippen molar-refractivity contribution in [2.24, 2.45) is 5.92 Å². The maximum atomic E-state index is 12.6. The Balaban J connectivity index is 1.48. The molecule has 0 fully saturated rings. The van der Waals surface area contributed by atoms with Gasteiger partial charge in [-0.05, 0) is 37.7 Å². The molecule has 176 valence electrons. The molecular formula is C23H28N4O3S3. The molecule has 7 nitrogen and oxygen atoms in total. The van der Waals surface area contributed by atoms with Gasteiger partial charge < -0.3 is 10.1 Å². The van der Waals surface area contributed by atoms with Crippen LogP contribution in [-0.4, -0.2) is 39.2 Å². The summed E-state index contributed by atoms with van der Waals surface area (Å²) in [7, 11) is 0. The molecule has 4 rings (SSSR count). The van der Waals surface area contributed by atoms with Crippen molar-refractivity contribution in [3.8, 4) is 0 Å². The van der Waals surface area contributed by atoms with Gasteiger partial charge in [-0.3, -0.25) is 9.59 Å². The molecular weight excluding hydrogens is 476 g/mol. The van der Waals surface area contributed by atoms with Crippen molar-refractivity contribution < 1.29 is 14.3 Å². The SMILES string of the molecule is CCOC(=O)Cc1csc(NC(=O)CSc2nc(C(C)C)nc3sc4c(c23)CC[C@@H](C)C4)n1. The summed E-state index contributed by atoms with van der Waals surface area (Å²) in [4.78, 5) is 40.7. The summed E-state index contributed by atoms with van der Waals surface area (Å²) in [6.07, 6.45) is 3.42. The first-order chi connectivity index (χ1) is 15.8. The Morgan fingerprint density at radius 3 is 2.88 bits per heavy atom. The fourth-order valence-electron chi connectivity index (χ4n) is 3.78. The number of carbonyl (C=O) groups excluding carboxylic acids is 2. The first-order valence-corrected chi connectivity index (χ1v) is 13.9. The number of aryl methyl sites for hydroxylation is 1. The van der Waals surface area contributed by atoms with Crippen LogP contribution in [0.4, 0.5) is 5.13 Å². The van der Waals surface area contributed by atoms with Crippen LogP contribution in [0.15, 0.2) is 10.4 Å². The van der Waals surface area contributed by atoms with Gasteiger partial charge in [0.15, 0.2) is 5.13 Å². The monoisotopic (exact) mass is 504 g/mol. The average Bonchev–Trinajstić information content (AvgIpc) is 3.35. The van der Waals surface area contributed by atoms with E-state index in [1.54, 1.807) is 23.6 Å². The van der Waals surface area contributed by atoms with Gasteiger partial charge in [0.25, 0.3) is 0 Å². The van der Waals surface area contributed by atoms with Crippen LogP contribution < -0.4 is 5.32 Å². The van der Waals surface area contributed by atoms with Gasteiger partial charge in [-0.25, -0.2) is 15.0 Å². The lowest BCUT2D eigenvalue weighted by Gasteiger charge is -2.18. The molecule has 0 aromatic carbocycles. The lowest BCUT2D eigenvalue weighted by atomic mass is 9.89. The lowest BCUT2D eigenvalue weighted by molar-refractivity contribution is -0.142. The fourth-order valence-corrected chi connectivity index (χ4v) is 6.83. The Bertz CT molecular complexity index is 1170. The predicted octanol–water partition coefficient (Wildman–Crippen LogP) is 5.23. The van der Waals surface area contributed by atoms with E-state index >= 15 is 0 Å². The Kier molecular flexibility index (Phi) is 7.65. The van der Waals surface area contributed by atoms with Gasteiger partial charge in [-0.1, -0.05) is 32.5 Å². The summed E-state index contributed by atoms with van der Waals surface area (Å²) in [6.45, 7) is 8.59. The third-order valence-electron chi connectivity index (χ3n) is 5.42. The van der Waals surface area contributed by atoms with Gasteiger partial charge in [0.1, 0.15) is 15.7 Å². The number of ether oxygens (including phenoxy) is 1. The maximum absolute atomic E-state index is 12.6. The van der Waals surface area contributed by atoms with Crippen LogP contribution in [-0.2, 0) is 33.6 Å². The summed E-state index contributed by atoms with van der Waals surface area (Å²) < 4.78 is 4.95. The highest BCUT2D eigenvalue weighted by Gasteiger charge is 2.25. The van der Waals surface area contributed by atoms with Crippen LogP contribution in [0.5, 0.6) is 0 Å². The molecule has 0 bridgehead atoms. The van der Waals surface area contributed by atoms with Crippen LogP contribution in [0.1, 0.15) is 62.0 Å². The minimum absolute atomic E-state index is 0.105. The minimum Gasteiger partial charge on any atom is -0.466 e. The van der Waals surface area contributed by atoms with E-state index in [-0.39, 0.29) is 30.0 Å². The number of hydrogen-bond donors (Lipinski definition) is 1. The highest BCUT2D eigenvalue weighted by molar-refractivity contribution is 8.00. The minimum atomic E-state index is -0.321. The first kappa shape index (κ1) is 24.1. The second kappa shape index (κ2) is 10.5. The summed E-state index contributed by atoms with van der Waals surface area (Å²) in [5, 5.41) is 7.12. The van der Waals surface area contributed by atoms with Gasteiger partial charge >= 0.3 is 5.97 Å². The standard InChI is InChI=1S/C23H28N4O3S3/c1-5-30-18(29)9-14-10-32-23(24-14)25-17(28)11-31-21-19-15-7-6-13(4)8-16(15)33-22(19)27-20(26-21)12(2)3/h10,12-13H,5-9,11H2,1-4H3,(H,24,25,28)/t13-/m1/s1. The number of rotatable bonds is 8. The molecule has 33 heavy (non-hydrogen) atoms. The number of anilines is 1. The fraction of sp³-hybridized carbons (Fsp3) is 0.522. The molecule has 10 heteroatoms. The average molecular weight is 505 g/mol. The number of esters is 1. The van der Waals surface area contributed by atoms with Gasteiger partial charge in [-0.2, -0.15) is 0 Å². The van der Waals surface area contributed by atoms with E-state index in [9.17, 15) is 9.59 Å². The topological polar surface area (TPSA) is 94.1 Å². The van der Waals surface area contributed by atoms with Crippen molar-refractivity contribution in [3.63, 3.8) is 0 Å². The molecule has 0 aliphatic heterocycles. The van der Waals surface area contributed by atoms with Crippen LogP contribution in [0.2, 0.25) is 0 Å². The highest BCUT2D eigenvalue weighted by Crippen LogP contribution is 2.41. The number of nitrogens with one attached hydrogen (secondary N) is 1. The van der Waals surface area contributed by atoms with Crippen molar-refractivity contribution in [1.29, 1.82) is 0 Å². The van der Waals surface area contributed by atoms with Crippen LogP contribution in [0.3, 0.4) is 0 Å². The van der Waals surface area contributed by atoms with E-state index in [2.05, 4.69) is 31.1 Å². The van der Waals surface area contributed by atoms with E-state index in [0.717, 1.165) is 33.9 Å². The van der Waals surface area contributed by atoms with Crippen molar-refractivity contribution >= 4 is 61.7 Å². The Morgan fingerprint density at radius 1 is 1.30 bits per heavy atom. The molecule has 1 amide bonds. The number of carbonyl (C=O) groups is 2. The van der Waals surface area contributed by atoms with E-state index in [1.165, 1.54) is 40.0 Å². The third kappa shape index (κ3) is 5.73. The zero-order valence-corrected chi connectivity index (χ0v) is 21.7. The largest absolute Gasteiger partial charge is 0.466 e. The number of thiazole rings is 1. The number of aromatic nitrogens is 3. The molecule has 0 saturated carbocycles. The molecule has 3 aromatic rings. The van der Waals surface area contributed by atoms with Crippen LogP contribution in [0, 0.1) is 5.92 Å². The Labute approximate surface area is 205 Å². The van der Waals surface area contributed by atoms with Gasteiger partial charge in [-0.15, -0.1) is 22.7 Å². The summed E-state index contributed by atoms with van der Waals surface area (Å²) in [6, 6.07) is 0. The Morgan fingerprint density at radius 2 is 2.12 bits per heavy atom. The van der Waals surface area contributed by atoms with Crippen molar-refractivity contribution in [1.82, 2.24) is 15.0 Å². The molecule has 3 aromatic heterocycles. The van der Waals surface area contributed by atoms with E-state index in [1.807, 2.05) is 0 Å². The van der Waals surface area contributed by atoms with Gasteiger partial charge in [0.05, 0.1) is 24.5 Å². The first-order valence-electron chi connectivity index (χ1n) is 11.2. The van der Waals surface area contributed by atoms with Crippen molar-refractivity contribution in [2.75, 3.05) is 17.7 Å². The van der Waals surface area contributed by atoms with E-state index < -0.39 is 0 Å². The maximum Gasteiger partial charge on any atom is 0.311 e. The number of thiophene rings is 1. The van der Waals surface area contributed by atoms with Crippen LogP contribution in [0.25, 0.3) is 10.2 Å². The summed E-state index contributed by atoms with van der Waals surface area (Å²) >= 11 is 4.55. The van der Waals surface area contributed by atoms with E-state index in [4.69, 9.17) is 14.7 Å². The van der Waals surface area contributed by atoms with E-state index in [0.29, 0.717) is 23.4 Å². The molecule has 1 N–H and O–H groups in total. The zero-order chi connectivity index (χ0) is 23.5. The van der Waals surface area contributed by atoms with Crippen molar-refractivity contribution in [2.45, 2.75) is 64.3 Å². The number of amides is 1. The molecule has 0 spiro atoms. The molecule has 1 atom stereocenters. The van der Waals surface area contributed by atoms with Crippen molar-refractivity contribution in [3.05, 3.63) is 27.3 Å². The zero-order valence-electron chi connectivity index (χ0n) is 19.3. The Hall–Kier alpha value is -2.04. The van der Waals surface area contributed by atoms with Gasteiger partial charge in [0.2, 0.25) is 5.91 Å². The molecule has 0 unspecified atom stereocenters. The molecule has 1 aliphatic rings. The molecule has 3 heterocycles. The summed E-state index contributed by atoms with van der Waals surface area (Å²) in [5.41, 5.74) is 1.97. The second-order valence-corrected chi connectivity index (χ2v) is 11.4. The smallest absolute Gasteiger partial charge is 0.311 e. The summed E-state index contributed by atoms with van der Waals surface area (Å²) in [5.74, 6) is 1.50. The second-order valence-electron chi connectivity index (χ2n) is 8.54. The number of thioether (sulfide) groups is 1. The normalized spacial score (nSPS) is 15.6. The predicted molar refractivity (Wildman–Crippen MR) is 134 cm³/mol. The van der Waals surface area contributed by atoms with Crippen LogP contribution >= 0.6 is 34.4 Å². The number of fused-ring (bicyclic) bond motifs is 3. The van der Waals surface area contributed by atoms with Gasteiger partial charge in [0, 0.05) is 21.6 Å². The quantitative estimate of drug-likeness (QED) is 0.255. The number of nitrogens with zero attached hydrogens (tertiary/aromatic N) is 3. The number of hydrogen-bond acceptors (Lipinski definition) is 9. The highest BCUT2D eigenvalue weighted by atomic mass is 32.2. The third-order valence-corrected chi connectivity index (χ3v) is 8.35.